The van der Waals surface area contributed by atoms with Crippen LogP contribution in [0.2, 0.25) is 0 Å². The van der Waals surface area contributed by atoms with Gasteiger partial charge in [-0.3, -0.25) is 0 Å². The molecule has 33 heavy (non-hydrogen) atoms. The van der Waals surface area contributed by atoms with E-state index in [-0.39, 0.29) is 5.41 Å². The van der Waals surface area contributed by atoms with Gasteiger partial charge in [0.05, 0.1) is 0 Å². The van der Waals surface area contributed by atoms with Crippen LogP contribution in [0.25, 0.3) is 43.8 Å². The third kappa shape index (κ3) is 2.93. The average molecular weight is 556 g/mol. The van der Waals surface area contributed by atoms with Crippen LogP contribution in [0, 0.1) is 0 Å². The summed E-state index contributed by atoms with van der Waals surface area (Å²) in [4.78, 5) is 0. The minimum absolute atomic E-state index is 0.0471. The zero-order valence-electron chi connectivity index (χ0n) is 18.8. The van der Waals surface area contributed by atoms with Gasteiger partial charge in [-0.15, -0.1) is 0 Å². The van der Waals surface area contributed by atoms with Crippen molar-refractivity contribution in [3.63, 3.8) is 0 Å². The molecule has 162 valence electrons. The molecule has 0 saturated carbocycles. The van der Waals surface area contributed by atoms with E-state index in [0.29, 0.717) is 0 Å². The molecule has 1 aliphatic carbocycles. The van der Waals surface area contributed by atoms with Gasteiger partial charge in [0.25, 0.3) is 0 Å². The Morgan fingerprint density at radius 2 is 1.12 bits per heavy atom. The first kappa shape index (κ1) is 21.1. The Balaban J connectivity index is 1.70. The van der Waals surface area contributed by atoms with Crippen LogP contribution in [-0.2, 0) is 5.41 Å². The molecule has 0 spiro atoms. The third-order valence-corrected chi connectivity index (χ3v) is 9.03. The Kier molecular flexibility index (Phi) is 5.01. The molecule has 0 atom stereocenters. The molecule has 5 aromatic carbocycles. The van der Waals surface area contributed by atoms with E-state index >= 15 is 0 Å². The van der Waals surface area contributed by atoms with Crippen LogP contribution in [0.1, 0.15) is 37.8 Å². The van der Waals surface area contributed by atoms with Gasteiger partial charge in [0.15, 0.2) is 0 Å². The molecule has 0 radical (unpaired) electrons. The summed E-state index contributed by atoms with van der Waals surface area (Å²) in [7, 11) is 0. The Labute approximate surface area is 211 Å². The molecule has 0 heterocycles. The maximum Gasteiger partial charge on any atom is 0.0332 e. The van der Waals surface area contributed by atoms with Crippen LogP contribution in [0.5, 0.6) is 0 Å². The summed E-state index contributed by atoms with van der Waals surface area (Å²) in [6.07, 6.45) is 2.18. The number of hydrogen-bond acceptors (Lipinski definition) is 0. The summed E-state index contributed by atoms with van der Waals surface area (Å²) in [5.41, 5.74) is 8.36. The number of fused-ring (bicyclic) bond motifs is 5. The smallest absolute Gasteiger partial charge is 0.0332 e. The van der Waals surface area contributed by atoms with Crippen LogP contribution in [0.15, 0.2) is 93.9 Å². The lowest BCUT2D eigenvalue weighted by molar-refractivity contribution is 0.490. The van der Waals surface area contributed by atoms with Gasteiger partial charge in [-0.25, -0.2) is 0 Å². The first-order valence-corrected chi connectivity index (χ1v) is 13.2. The number of rotatable bonds is 3. The van der Waals surface area contributed by atoms with Gasteiger partial charge < -0.3 is 0 Å². The highest BCUT2D eigenvalue weighted by Crippen LogP contribution is 2.54. The standard InChI is InChI=1S/C31H24Br2/c1-3-31(4-2)27-17-19(13-15-21(27)22-16-14-20(32)18-28(22)31)29-23-9-5-7-11-25(23)30(33)26-12-8-6-10-24(26)29/h5-18H,3-4H2,1-2H3. The molecule has 0 nitrogen and oxygen atoms in total. The quantitative estimate of drug-likeness (QED) is 0.194. The molecule has 5 aromatic rings. The van der Waals surface area contributed by atoms with Crippen molar-refractivity contribution in [1.82, 2.24) is 0 Å². The van der Waals surface area contributed by atoms with Crippen molar-refractivity contribution in [2.24, 2.45) is 0 Å². The lowest BCUT2D eigenvalue weighted by Crippen LogP contribution is -2.23. The van der Waals surface area contributed by atoms with E-state index in [1.54, 1.807) is 0 Å². The SMILES string of the molecule is CCC1(CC)c2cc(Br)ccc2-c2ccc(-c3c4ccccc4c(Br)c4ccccc34)cc21. The Hall–Kier alpha value is -2.42. The highest BCUT2D eigenvalue weighted by Gasteiger charge is 2.40. The zero-order chi connectivity index (χ0) is 22.7. The molecule has 2 heteroatoms. The van der Waals surface area contributed by atoms with Gasteiger partial charge in [0.2, 0.25) is 0 Å². The van der Waals surface area contributed by atoms with E-state index in [1.807, 2.05) is 0 Å². The molecule has 0 amide bonds. The van der Waals surface area contributed by atoms with E-state index in [9.17, 15) is 0 Å². The summed E-state index contributed by atoms with van der Waals surface area (Å²) < 4.78 is 2.33. The lowest BCUT2D eigenvalue weighted by Gasteiger charge is -2.30. The number of hydrogen-bond donors (Lipinski definition) is 0. The average Bonchev–Trinajstić information content (AvgIpc) is 3.13. The van der Waals surface area contributed by atoms with Gasteiger partial charge in [0.1, 0.15) is 0 Å². The molecule has 0 aromatic heterocycles. The molecule has 1 aliphatic rings. The molecule has 0 unspecified atom stereocenters. The summed E-state index contributed by atoms with van der Waals surface area (Å²) in [5, 5.41) is 5.10. The Morgan fingerprint density at radius 1 is 0.606 bits per heavy atom. The number of benzene rings is 5. The summed E-state index contributed by atoms with van der Waals surface area (Å²) >= 11 is 7.63. The maximum atomic E-state index is 3.90. The highest BCUT2D eigenvalue weighted by molar-refractivity contribution is 9.11. The van der Waals surface area contributed by atoms with Crippen molar-refractivity contribution < 1.29 is 0 Å². The van der Waals surface area contributed by atoms with Crippen molar-refractivity contribution in [2.75, 3.05) is 0 Å². The molecule has 0 saturated heterocycles. The second-order valence-corrected chi connectivity index (χ2v) is 10.7. The summed E-state index contributed by atoms with van der Waals surface area (Å²) in [6.45, 7) is 4.67. The van der Waals surface area contributed by atoms with E-state index in [2.05, 4.69) is 131 Å². The molecule has 6 rings (SSSR count). The summed E-state index contributed by atoms with van der Waals surface area (Å²) in [6, 6.07) is 31.5. The van der Waals surface area contributed by atoms with Crippen molar-refractivity contribution in [1.29, 1.82) is 0 Å². The van der Waals surface area contributed by atoms with Gasteiger partial charge >= 0.3 is 0 Å². The molecule has 0 N–H and O–H groups in total. The zero-order valence-corrected chi connectivity index (χ0v) is 21.9. The van der Waals surface area contributed by atoms with Gasteiger partial charge in [-0.1, -0.05) is 96.5 Å². The Morgan fingerprint density at radius 3 is 1.70 bits per heavy atom. The van der Waals surface area contributed by atoms with Crippen molar-refractivity contribution in [2.45, 2.75) is 32.1 Å². The molecular formula is C31H24Br2. The fourth-order valence-corrected chi connectivity index (χ4v) is 7.07. The first-order valence-electron chi connectivity index (χ1n) is 11.6. The normalized spacial score (nSPS) is 13.9. The predicted octanol–water partition coefficient (Wildman–Crippen LogP) is 10.3. The fourth-order valence-electron chi connectivity index (χ4n) is 6.02. The topological polar surface area (TPSA) is 0 Å². The van der Waals surface area contributed by atoms with E-state index in [0.717, 1.165) is 17.3 Å². The van der Waals surface area contributed by atoms with Crippen LogP contribution < -0.4 is 0 Å². The van der Waals surface area contributed by atoms with Gasteiger partial charge in [-0.2, -0.15) is 0 Å². The Bertz CT molecular complexity index is 1500. The minimum Gasteiger partial charge on any atom is -0.0642 e. The van der Waals surface area contributed by atoms with Crippen LogP contribution in [0.3, 0.4) is 0 Å². The summed E-state index contributed by atoms with van der Waals surface area (Å²) in [5.74, 6) is 0. The molecule has 0 aliphatic heterocycles. The molecular weight excluding hydrogens is 532 g/mol. The van der Waals surface area contributed by atoms with Gasteiger partial charge in [-0.05, 0) is 102 Å². The maximum absolute atomic E-state index is 3.90. The van der Waals surface area contributed by atoms with Crippen molar-refractivity contribution in [3.05, 3.63) is 105 Å². The van der Waals surface area contributed by atoms with E-state index in [4.69, 9.17) is 0 Å². The third-order valence-electron chi connectivity index (χ3n) is 7.68. The van der Waals surface area contributed by atoms with Gasteiger partial charge in [0, 0.05) is 14.4 Å². The molecule has 0 bridgehead atoms. The minimum atomic E-state index is 0.0471. The monoisotopic (exact) mass is 554 g/mol. The van der Waals surface area contributed by atoms with Crippen LogP contribution in [0.4, 0.5) is 0 Å². The fraction of sp³-hybridized carbons (Fsp3) is 0.161. The van der Waals surface area contributed by atoms with Crippen LogP contribution in [-0.4, -0.2) is 0 Å². The predicted molar refractivity (Wildman–Crippen MR) is 149 cm³/mol. The van der Waals surface area contributed by atoms with E-state index in [1.165, 1.54) is 59.4 Å². The number of halogens is 2. The van der Waals surface area contributed by atoms with Crippen molar-refractivity contribution >= 4 is 53.4 Å². The second kappa shape index (κ2) is 7.82. The largest absolute Gasteiger partial charge is 0.0642 e. The first-order chi connectivity index (χ1) is 16.1. The highest BCUT2D eigenvalue weighted by atomic mass is 79.9. The lowest BCUT2D eigenvalue weighted by atomic mass is 9.73. The van der Waals surface area contributed by atoms with Crippen LogP contribution >= 0.6 is 31.9 Å². The second-order valence-electron chi connectivity index (χ2n) is 9.02. The van der Waals surface area contributed by atoms with Crippen molar-refractivity contribution in [3.8, 4) is 22.3 Å². The molecule has 0 fully saturated rings. The van der Waals surface area contributed by atoms with E-state index < -0.39 is 0 Å².